The monoisotopic (exact) mass is 1060 g/mol. The van der Waals surface area contributed by atoms with Crippen molar-refractivity contribution >= 4 is 28.1 Å². The Balaban J connectivity index is 0.000000887. The van der Waals surface area contributed by atoms with Crippen LogP contribution in [0.3, 0.4) is 0 Å². The van der Waals surface area contributed by atoms with E-state index in [9.17, 15) is 43.2 Å². The Bertz CT molecular complexity index is 1730. The van der Waals surface area contributed by atoms with E-state index in [1.807, 2.05) is 25.9 Å². The number of likely N-dealkylation sites (N-methyl/N-ethyl adjacent to an activating group) is 1. The number of rotatable bonds is 21. The van der Waals surface area contributed by atoms with Gasteiger partial charge >= 0.3 is 22.3 Å². The molecule has 0 aromatic carbocycles. The number of ether oxygens (including phenoxy) is 7. The van der Waals surface area contributed by atoms with Gasteiger partial charge in [0.1, 0.15) is 23.6 Å². The lowest BCUT2D eigenvalue weighted by Crippen LogP contribution is -2.61. The number of hydrogen-bond acceptors (Lipinski definition) is 18. The second-order valence-corrected chi connectivity index (χ2v) is 22.8. The lowest BCUT2D eigenvalue weighted by molar-refractivity contribution is -0.319. The molecule has 0 amide bonds. The predicted octanol–water partition coefficient (Wildman–Crippen LogP) is 6.47. The topological polar surface area (TPSA) is 264 Å². The van der Waals surface area contributed by atoms with Crippen molar-refractivity contribution in [2.75, 3.05) is 27.8 Å². The highest BCUT2D eigenvalue weighted by Crippen LogP contribution is 2.41. The number of Topliss-reactive ketones (excluding diaryl/α,β-unsaturated/α-hetero) is 1. The molecule has 3 rings (SSSR count). The van der Waals surface area contributed by atoms with Crippen LogP contribution >= 0.6 is 0 Å². The molecule has 20 heteroatoms. The van der Waals surface area contributed by atoms with Crippen LogP contribution in [-0.4, -0.2) is 168 Å². The molecule has 3 saturated heterocycles. The summed E-state index contributed by atoms with van der Waals surface area (Å²) in [6.07, 6.45) is 2.17. The molecule has 3 aliphatic heterocycles. The molecular weight excluding hydrogens is 959 g/mol. The summed E-state index contributed by atoms with van der Waals surface area (Å²) >= 11 is 0. The number of ketones is 1. The van der Waals surface area contributed by atoms with Crippen molar-refractivity contribution in [2.24, 2.45) is 23.7 Å². The Hall–Kier alpha value is -1.92. The van der Waals surface area contributed by atoms with E-state index >= 15 is 0 Å². The molecule has 3 aliphatic rings. The van der Waals surface area contributed by atoms with Gasteiger partial charge in [-0.15, -0.1) is 0 Å². The molecule has 18 atom stereocenters. The second kappa shape index (κ2) is 30.1. The molecule has 1 unspecified atom stereocenters. The van der Waals surface area contributed by atoms with Crippen LogP contribution in [0.1, 0.15) is 179 Å². The van der Waals surface area contributed by atoms with Gasteiger partial charge in [0, 0.05) is 37.7 Å². The van der Waals surface area contributed by atoms with Crippen molar-refractivity contribution in [3.8, 4) is 0 Å². The van der Waals surface area contributed by atoms with Crippen molar-refractivity contribution in [3.63, 3.8) is 0 Å². The summed E-state index contributed by atoms with van der Waals surface area (Å²) in [7, 11) is 0.973. The number of aliphatic hydroxyl groups excluding tert-OH is 2. The van der Waals surface area contributed by atoms with E-state index in [1.54, 1.807) is 48.5 Å². The lowest BCUT2D eigenvalue weighted by Gasteiger charge is -2.49. The maximum atomic E-state index is 14.2. The minimum Gasteiger partial charge on any atom is -0.459 e. The first-order valence-electron chi connectivity index (χ1n) is 26.6. The minimum atomic E-state index is -4.23. The molecule has 0 radical (unpaired) electrons. The molecule has 72 heavy (non-hydrogen) atoms. The number of esters is 2. The van der Waals surface area contributed by atoms with Gasteiger partial charge < -0.3 is 58.5 Å². The van der Waals surface area contributed by atoms with Gasteiger partial charge in [-0.3, -0.25) is 18.9 Å². The summed E-state index contributed by atoms with van der Waals surface area (Å²) < 4.78 is 76.6. The number of hydrogen-bond donors (Lipinski definition) is 5. The minimum absolute atomic E-state index is 0.0760. The van der Waals surface area contributed by atoms with E-state index in [4.69, 9.17) is 37.7 Å². The molecule has 424 valence electrons. The van der Waals surface area contributed by atoms with Crippen LogP contribution in [0.5, 0.6) is 0 Å². The standard InChI is InChI=1S/C40H71NO14.C12H26O4S/c1-15-27-40(11,48)33(44)22(5)30(43)20(3)18-38(9,47)35(55-37-32(53-28(42)16-2)26(41(12)13)17-21(4)50-37)23(6)31(24(7)36(46)52-27)54-29-19-39(10,49-14)34(45)25(8)51-29;1-2-3-4-5-6-7-8-9-10-11-12-16-17(13,14)15/h20-27,29,31-35,37,44-45,47-48H,15-19H2,1-14H3;2-12H2,1H3,(H,13,14,15)/t20-,21-,22+,23?,24-,25-,26+,27-,29-,31+,32-,33-,34-,35-,37+,38-,39+,40-;/m1./s1. The maximum Gasteiger partial charge on any atom is 0.397 e. The zero-order valence-electron chi connectivity index (χ0n) is 46.4. The third kappa shape index (κ3) is 19.6. The lowest BCUT2D eigenvalue weighted by atomic mass is 9.74. The molecule has 3 fully saturated rings. The van der Waals surface area contributed by atoms with Gasteiger partial charge in [0.25, 0.3) is 0 Å². The molecule has 3 heterocycles. The average molecular weight is 1060 g/mol. The average Bonchev–Trinajstić information content (AvgIpc) is 3.30. The third-order valence-electron chi connectivity index (χ3n) is 15.1. The van der Waals surface area contributed by atoms with Crippen LogP contribution in [0.25, 0.3) is 0 Å². The van der Waals surface area contributed by atoms with E-state index in [0.29, 0.717) is 12.8 Å². The zero-order valence-corrected chi connectivity index (χ0v) is 47.2. The number of nitrogens with zero attached hydrogens (tertiary/aromatic N) is 1. The highest BCUT2D eigenvalue weighted by molar-refractivity contribution is 7.80. The van der Waals surface area contributed by atoms with E-state index in [1.165, 1.54) is 72.8 Å². The first-order chi connectivity index (χ1) is 33.4. The van der Waals surface area contributed by atoms with E-state index in [2.05, 4.69) is 11.1 Å². The Morgan fingerprint density at radius 3 is 1.88 bits per heavy atom. The first kappa shape index (κ1) is 66.2. The van der Waals surface area contributed by atoms with Crippen LogP contribution in [0.2, 0.25) is 0 Å². The third-order valence-corrected chi connectivity index (χ3v) is 15.5. The van der Waals surface area contributed by atoms with Gasteiger partial charge in [0.15, 0.2) is 18.7 Å². The van der Waals surface area contributed by atoms with Crippen LogP contribution in [0.4, 0.5) is 0 Å². The van der Waals surface area contributed by atoms with Gasteiger partial charge in [-0.05, 0) is 81.3 Å². The Kier molecular flexibility index (Phi) is 27.7. The predicted molar refractivity (Wildman–Crippen MR) is 270 cm³/mol. The van der Waals surface area contributed by atoms with Gasteiger partial charge in [-0.2, -0.15) is 8.42 Å². The number of unbranched alkanes of at least 4 members (excludes halogenated alkanes) is 9. The second-order valence-electron chi connectivity index (χ2n) is 21.7. The van der Waals surface area contributed by atoms with E-state index < -0.39 is 124 Å². The van der Waals surface area contributed by atoms with Gasteiger partial charge in [-0.25, -0.2) is 4.18 Å². The van der Waals surface area contributed by atoms with Gasteiger partial charge in [0.05, 0.1) is 60.3 Å². The molecule has 0 spiro atoms. The highest BCUT2D eigenvalue weighted by atomic mass is 32.3. The molecular formula is C52H97NO18S. The zero-order chi connectivity index (χ0) is 54.9. The number of aliphatic hydroxyl groups is 4. The summed E-state index contributed by atoms with van der Waals surface area (Å²) in [6, 6.07) is -0.319. The Morgan fingerprint density at radius 2 is 1.36 bits per heavy atom. The first-order valence-corrected chi connectivity index (χ1v) is 28.0. The molecule has 0 aromatic rings. The van der Waals surface area contributed by atoms with Crippen molar-refractivity contribution in [1.29, 1.82) is 0 Å². The van der Waals surface area contributed by atoms with Crippen LogP contribution in [-0.2, 0) is 62.1 Å². The number of carbonyl (C=O) groups is 3. The smallest absolute Gasteiger partial charge is 0.397 e. The molecule has 0 aliphatic carbocycles. The maximum absolute atomic E-state index is 14.2. The van der Waals surface area contributed by atoms with Crippen molar-refractivity contribution in [2.45, 2.75) is 264 Å². The SMILES string of the molecule is CCC(=O)O[C@H]1[C@H](O[C@@H]2C(C)[C@H](O[C@@H]3C[C@](C)(OC)[C@H](O)[C@@H](C)O3)[C@@H](C)C(=O)O[C@H](CC)[C@@](C)(O)[C@H](O)[C@@H](C)C(=O)[C@H](C)C[C@@]2(C)O)O[C@H](C)C[C@@H]1N(C)C.CCCCCCCCCCCCOS(=O)(=O)O. The summed E-state index contributed by atoms with van der Waals surface area (Å²) in [6.45, 7) is 20.3. The molecule has 19 nitrogen and oxygen atoms in total. The Labute approximate surface area is 432 Å². The molecule has 0 saturated carbocycles. The fourth-order valence-corrected chi connectivity index (χ4v) is 10.8. The summed E-state index contributed by atoms with van der Waals surface area (Å²) in [5.41, 5.74) is -4.92. The van der Waals surface area contributed by atoms with E-state index in [-0.39, 0.29) is 44.4 Å². The Morgan fingerprint density at radius 1 is 0.792 bits per heavy atom. The number of methoxy groups -OCH3 is 1. The highest BCUT2D eigenvalue weighted by Gasteiger charge is 2.54. The fraction of sp³-hybridized carbons (Fsp3) is 0.942. The molecule has 0 bridgehead atoms. The van der Waals surface area contributed by atoms with Crippen molar-refractivity contribution in [3.05, 3.63) is 0 Å². The van der Waals surface area contributed by atoms with Crippen molar-refractivity contribution in [1.82, 2.24) is 4.90 Å². The summed E-state index contributed by atoms with van der Waals surface area (Å²) in [5, 5.41) is 46.6. The number of carbonyl (C=O) groups excluding carboxylic acids is 3. The van der Waals surface area contributed by atoms with E-state index in [0.717, 1.165) is 12.8 Å². The van der Waals surface area contributed by atoms with Gasteiger partial charge in [-0.1, -0.05) is 99.3 Å². The normalized spacial score (nSPS) is 38.6. The largest absolute Gasteiger partial charge is 0.459 e. The van der Waals surface area contributed by atoms with Crippen LogP contribution in [0.15, 0.2) is 0 Å². The molecule has 0 aromatic heterocycles. The number of cyclic esters (lactones) is 1. The van der Waals surface area contributed by atoms with Crippen molar-refractivity contribution < 1.29 is 85.1 Å². The van der Waals surface area contributed by atoms with Gasteiger partial charge in [0.2, 0.25) is 0 Å². The fourth-order valence-electron chi connectivity index (χ4n) is 10.5. The quantitative estimate of drug-likeness (QED) is 0.0468. The summed E-state index contributed by atoms with van der Waals surface area (Å²) in [5.74, 6) is -5.59. The summed E-state index contributed by atoms with van der Waals surface area (Å²) in [4.78, 5) is 42.9. The van der Waals surface area contributed by atoms with Crippen LogP contribution in [0, 0.1) is 23.7 Å². The molecule has 5 N–H and O–H groups in total. The van der Waals surface area contributed by atoms with Crippen LogP contribution < -0.4 is 0 Å².